The Morgan fingerprint density at radius 2 is 2.23 bits per heavy atom. The van der Waals surface area contributed by atoms with Gasteiger partial charge in [0, 0.05) is 11.9 Å². The molecule has 0 saturated carbocycles. The Kier molecular flexibility index (Phi) is 4.08. The molecule has 0 aliphatic carbocycles. The number of carbonyl (C=O) groups is 1. The van der Waals surface area contributed by atoms with Gasteiger partial charge >= 0.3 is 0 Å². The number of aryl methyl sites for hydroxylation is 1. The van der Waals surface area contributed by atoms with Crippen molar-refractivity contribution < 1.29 is 4.79 Å². The molecule has 0 spiro atoms. The Balaban J connectivity index is 2.27. The van der Waals surface area contributed by atoms with Crippen LogP contribution < -0.4 is 5.32 Å². The second kappa shape index (κ2) is 5.88. The van der Waals surface area contributed by atoms with Crippen LogP contribution in [0.3, 0.4) is 0 Å². The van der Waals surface area contributed by atoms with Crippen LogP contribution in [0.1, 0.15) is 55.8 Å². The minimum atomic E-state index is -0.0453. The smallest absolute Gasteiger partial charge is 0.268 e. The van der Waals surface area contributed by atoms with Gasteiger partial charge in [-0.15, -0.1) is 0 Å². The Labute approximate surface area is 135 Å². The molecule has 22 heavy (non-hydrogen) atoms. The summed E-state index contributed by atoms with van der Waals surface area (Å²) in [5, 5.41) is 4.20. The Morgan fingerprint density at radius 3 is 2.91 bits per heavy atom. The SMILES string of the molecule is CCCc1nc(Cl)nc2c1cc1n2C(C(C)CC)CNC1=O. The lowest BCUT2D eigenvalue weighted by Crippen LogP contribution is -2.41. The highest BCUT2D eigenvalue weighted by Gasteiger charge is 2.31. The van der Waals surface area contributed by atoms with Gasteiger partial charge in [-0.05, 0) is 30.0 Å². The van der Waals surface area contributed by atoms with Crippen LogP contribution in [0, 0.1) is 5.92 Å². The average molecular weight is 321 g/mol. The molecule has 0 saturated heterocycles. The molecular formula is C16H21ClN4O. The summed E-state index contributed by atoms with van der Waals surface area (Å²) in [4.78, 5) is 21.0. The molecule has 1 aliphatic heterocycles. The number of halogens is 1. The molecule has 2 aromatic heterocycles. The lowest BCUT2D eigenvalue weighted by Gasteiger charge is -2.31. The van der Waals surface area contributed by atoms with E-state index in [1.165, 1.54) is 0 Å². The summed E-state index contributed by atoms with van der Waals surface area (Å²) >= 11 is 6.12. The largest absolute Gasteiger partial charge is 0.349 e. The molecular weight excluding hydrogens is 300 g/mol. The highest BCUT2D eigenvalue weighted by Crippen LogP contribution is 2.32. The fraction of sp³-hybridized carbons (Fsp3) is 0.562. The van der Waals surface area contributed by atoms with E-state index in [1.807, 2.05) is 6.07 Å². The van der Waals surface area contributed by atoms with Crippen molar-refractivity contribution in [3.63, 3.8) is 0 Å². The van der Waals surface area contributed by atoms with E-state index >= 15 is 0 Å². The second-order valence-electron chi connectivity index (χ2n) is 5.99. The number of amides is 1. The molecule has 2 unspecified atom stereocenters. The van der Waals surface area contributed by atoms with Crippen LogP contribution in [0.25, 0.3) is 11.0 Å². The summed E-state index contributed by atoms with van der Waals surface area (Å²) in [5.74, 6) is 0.398. The van der Waals surface area contributed by atoms with Crippen molar-refractivity contribution in [3.05, 3.63) is 22.7 Å². The lowest BCUT2D eigenvalue weighted by molar-refractivity contribution is 0.0904. The third kappa shape index (κ3) is 2.37. The summed E-state index contributed by atoms with van der Waals surface area (Å²) in [6.45, 7) is 7.10. The highest BCUT2D eigenvalue weighted by molar-refractivity contribution is 6.28. The fourth-order valence-corrected chi connectivity index (χ4v) is 3.35. The Morgan fingerprint density at radius 1 is 1.45 bits per heavy atom. The average Bonchev–Trinajstić information content (AvgIpc) is 2.88. The summed E-state index contributed by atoms with van der Waals surface area (Å²) < 4.78 is 2.06. The Hall–Kier alpha value is -1.62. The molecule has 0 fully saturated rings. The quantitative estimate of drug-likeness (QED) is 0.879. The third-order valence-electron chi connectivity index (χ3n) is 4.57. The molecule has 6 heteroatoms. The van der Waals surface area contributed by atoms with Gasteiger partial charge in [-0.25, -0.2) is 4.98 Å². The van der Waals surface area contributed by atoms with Crippen molar-refractivity contribution in [2.45, 2.75) is 46.1 Å². The van der Waals surface area contributed by atoms with E-state index in [1.54, 1.807) is 0 Å². The predicted octanol–water partition coefficient (Wildman–Crippen LogP) is 3.37. The number of carbonyl (C=O) groups excluding carboxylic acids is 1. The molecule has 2 aromatic rings. The number of fused-ring (bicyclic) bond motifs is 3. The second-order valence-corrected chi connectivity index (χ2v) is 6.33. The van der Waals surface area contributed by atoms with Gasteiger partial charge in [0.25, 0.3) is 5.91 Å². The summed E-state index contributed by atoms with van der Waals surface area (Å²) in [6.07, 6.45) is 2.85. The van der Waals surface area contributed by atoms with Gasteiger partial charge < -0.3 is 9.88 Å². The lowest BCUT2D eigenvalue weighted by atomic mass is 9.97. The summed E-state index contributed by atoms with van der Waals surface area (Å²) in [7, 11) is 0. The maximum Gasteiger partial charge on any atom is 0.268 e. The van der Waals surface area contributed by atoms with E-state index < -0.39 is 0 Å². The van der Waals surface area contributed by atoms with E-state index in [4.69, 9.17) is 11.6 Å². The van der Waals surface area contributed by atoms with Gasteiger partial charge in [0.2, 0.25) is 5.28 Å². The molecule has 0 radical (unpaired) electrons. The van der Waals surface area contributed by atoms with Crippen molar-refractivity contribution in [1.29, 1.82) is 0 Å². The number of hydrogen-bond donors (Lipinski definition) is 1. The molecule has 0 bridgehead atoms. The number of hydrogen-bond acceptors (Lipinski definition) is 3. The first kappa shape index (κ1) is 15.3. The minimum Gasteiger partial charge on any atom is -0.349 e. The number of nitrogens with one attached hydrogen (secondary N) is 1. The van der Waals surface area contributed by atoms with Crippen LogP contribution >= 0.6 is 11.6 Å². The van der Waals surface area contributed by atoms with E-state index in [9.17, 15) is 4.79 Å². The number of rotatable bonds is 4. The van der Waals surface area contributed by atoms with Crippen LogP contribution in [0.5, 0.6) is 0 Å². The fourth-order valence-electron chi connectivity index (χ4n) is 3.17. The third-order valence-corrected chi connectivity index (χ3v) is 4.74. The molecule has 1 amide bonds. The monoisotopic (exact) mass is 320 g/mol. The van der Waals surface area contributed by atoms with Crippen LogP contribution in [-0.2, 0) is 6.42 Å². The van der Waals surface area contributed by atoms with Crippen molar-refractivity contribution in [3.8, 4) is 0 Å². The molecule has 2 atom stereocenters. The van der Waals surface area contributed by atoms with Crippen LogP contribution in [0.4, 0.5) is 0 Å². The van der Waals surface area contributed by atoms with Crippen LogP contribution in [0.15, 0.2) is 6.07 Å². The first-order valence-electron chi connectivity index (χ1n) is 7.92. The van der Waals surface area contributed by atoms with Crippen molar-refractivity contribution in [2.24, 2.45) is 5.92 Å². The standard InChI is InChI=1S/C16H21ClN4O/c1-4-6-11-10-7-12-15(22)18-8-13(9(3)5-2)21(12)14(10)20-16(17)19-11/h7,9,13H,4-6,8H2,1-3H3,(H,18,22). The molecule has 3 rings (SSSR count). The summed E-state index contributed by atoms with van der Waals surface area (Å²) in [6, 6.07) is 2.12. The molecule has 5 nitrogen and oxygen atoms in total. The maximum absolute atomic E-state index is 12.3. The van der Waals surface area contributed by atoms with Crippen LogP contribution in [-0.4, -0.2) is 27.0 Å². The van der Waals surface area contributed by atoms with Crippen molar-refractivity contribution >= 4 is 28.5 Å². The summed E-state index contributed by atoms with van der Waals surface area (Å²) in [5.41, 5.74) is 2.38. The molecule has 3 heterocycles. The van der Waals surface area contributed by atoms with Gasteiger partial charge in [-0.3, -0.25) is 4.79 Å². The van der Waals surface area contributed by atoms with Crippen LogP contribution in [0.2, 0.25) is 5.28 Å². The zero-order valence-corrected chi connectivity index (χ0v) is 13.9. The zero-order valence-electron chi connectivity index (χ0n) is 13.2. The number of aromatic nitrogens is 3. The normalized spacial score (nSPS) is 19.1. The van der Waals surface area contributed by atoms with E-state index in [0.717, 1.165) is 36.0 Å². The molecule has 0 aromatic carbocycles. The minimum absolute atomic E-state index is 0.0453. The van der Waals surface area contributed by atoms with Gasteiger partial charge in [0.15, 0.2) is 0 Å². The first-order chi connectivity index (χ1) is 10.6. The highest BCUT2D eigenvalue weighted by atomic mass is 35.5. The van der Waals surface area contributed by atoms with Gasteiger partial charge in [0.05, 0.1) is 11.7 Å². The topological polar surface area (TPSA) is 59.8 Å². The van der Waals surface area contributed by atoms with Crippen molar-refractivity contribution in [1.82, 2.24) is 19.9 Å². The predicted molar refractivity (Wildman–Crippen MR) is 87.4 cm³/mol. The molecule has 1 aliphatic rings. The molecule has 118 valence electrons. The van der Waals surface area contributed by atoms with Gasteiger partial charge in [-0.1, -0.05) is 33.6 Å². The van der Waals surface area contributed by atoms with Gasteiger partial charge in [-0.2, -0.15) is 4.98 Å². The molecule has 1 N–H and O–H groups in total. The van der Waals surface area contributed by atoms with Gasteiger partial charge in [0.1, 0.15) is 11.3 Å². The Bertz CT molecular complexity index is 724. The van der Waals surface area contributed by atoms with E-state index in [0.29, 0.717) is 18.2 Å². The van der Waals surface area contributed by atoms with E-state index in [2.05, 4.69) is 40.6 Å². The maximum atomic E-state index is 12.3. The van der Waals surface area contributed by atoms with E-state index in [-0.39, 0.29) is 17.2 Å². The first-order valence-corrected chi connectivity index (χ1v) is 8.30. The van der Waals surface area contributed by atoms with Crippen molar-refractivity contribution in [2.75, 3.05) is 6.54 Å². The zero-order chi connectivity index (χ0) is 15.9. The number of nitrogens with zero attached hydrogens (tertiary/aromatic N) is 3.